The van der Waals surface area contributed by atoms with E-state index in [4.69, 9.17) is 9.47 Å². The van der Waals surface area contributed by atoms with Crippen molar-refractivity contribution < 1.29 is 447 Å². The van der Waals surface area contributed by atoms with Gasteiger partial charge in [-0.05, 0) is 120 Å². The van der Waals surface area contributed by atoms with Gasteiger partial charge in [0.15, 0.2) is 23.1 Å². The maximum atomic E-state index is 15.2. The summed E-state index contributed by atoms with van der Waals surface area (Å²) in [7, 11) is -14.2. The van der Waals surface area contributed by atoms with Crippen molar-refractivity contribution in [3.05, 3.63) is 269 Å². The van der Waals surface area contributed by atoms with Crippen LogP contribution in [0.15, 0.2) is 221 Å². The Labute approximate surface area is 1070 Å². The van der Waals surface area contributed by atoms with Gasteiger partial charge in [-0.15, -0.1) is 0 Å². The summed E-state index contributed by atoms with van der Waals surface area (Å²) in [4.78, 5) is 159. The Morgan fingerprint density at radius 3 is 1.09 bits per heavy atom. The Bertz CT molecular complexity index is 8120. The molecule has 0 unspecified atom stereocenters. The van der Waals surface area contributed by atoms with Crippen LogP contribution < -0.4 is 384 Å². The fourth-order valence-electron chi connectivity index (χ4n) is 14.9. The largest absolute Gasteiger partial charge is 1.00 e. The van der Waals surface area contributed by atoms with E-state index in [1.54, 1.807) is 0 Å². The zero-order valence-electron chi connectivity index (χ0n) is 78.6. The Balaban J connectivity index is 0.00000334. The molecule has 0 bridgehead atoms. The molecule has 148 heavy (non-hydrogen) atoms. The number of hydrogen-bond acceptors (Lipinski definition) is 49. The van der Waals surface area contributed by atoms with Crippen LogP contribution in [0, 0.1) is 0 Å². The van der Waals surface area contributed by atoms with E-state index in [-0.39, 0.29) is 413 Å². The minimum absolute atomic E-state index is 0. The number of carbonyl (C=O) groups is 8. The number of nitrogens with one attached hydrogen (secondary N) is 6. The molecule has 0 radical (unpaired) electrons. The zero-order valence-corrected chi connectivity index (χ0v) is 104. The van der Waals surface area contributed by atoms with E-state index in [1.165, 1.54) is 111 Å². The van der Waals surface area contributed by atoms with E-state index in [0.29, 0.717) is 36.3 Å². The number of ketones is 4. The summed E-state index contributed by atoms with van der Waals surface area (Å²) in [5, 5.41) is 110. The molecule has 64 heteroatoms. The molecule has 10 aromatic carbocycles. The minimum atomic E-state index is -5.78. The first-order chi connectivity index (χ1) is 65.8. The molecular formula is C84H46N14Na10O34S6. The van der Waals surface area contributed by atoms with Gasteiger partial charge in [0.05, 0.1) is 152 Å². The molecule has 2 aliphatic carbocycles. The average molecular weight is 2220 g/mol. The maximum Gasteiger partial charge on any atom is 1.00 e. The first kappa shape index (κ1) is 131. The third-order valence-electron chi connectivity index (χ3n) is 20.7. The second-order valence-corrected chi connectivity index (χ2v) is 35.2. The number of nitrogens with zero attached hydrogens (tertiary/aromatic N) is 8. The maximum absolute atomic E-state index is 15.2. The van der Waals surface area contributed by atoms with Crippen molar-refractivity contribution in [1.82, 2.24) is 39.0 Å². The standard InChI is InChI=1S/C84H56N14O34S6.10Na/c1-97-55-19-17-49(63-65(55)61(45-13-3-5-15-47(45)71(63)101)67(73(97)103)69(99)35-9-7-11-43(29-35)133-130-127-113)87-51-31-54(60(138(122,123)124)33-57(51)134-131-128-114)90-82-92-80(94-84(96-82)126-42-27-39(77(109)110)24-40(28-42)78(111)112)86-22-21-85-79-91-81(95-83(93-79)125-41-25-37(75(105)106)23-38(26-41)76(107)108)89-52-32-53(59(137(119,120)121)34-58(52)135-132-129-115)88-50-18-20-56-66-62(46-14-4-6-16-48(46)72(102)64(50)66)68(74(104)98(56)2)70(100)36-10-8-12-44(30-36)136(116,117)118;;;;;;;;;;/h3-20,23-34,87-88,113-115H,21-22H2,1-2H3,(H,105,106)(H,107,108)(H,109,110)(H,111,112)(H,116,117,118)(H,119,120,121)(H,122,123,124)(H2,85,89,91,93,95)(H2,86,90,92,94,96);;;;;;;;;;/q;10*+1/p-10. The van der Waals surface area contributed by atoms with Gasteiger partial charge in [0.25, 0.3) is 11.1 Å². The van der Waals surface area contributed by atoms with Crippen molar-refractivity contribution >= 4 is 193 Å². The molecule has 2 aliphatic rings. The summed E-state index contributed by atoms with van der Waals surface area (Å²) in [6, 6.07) is 31.6. The fourth-order valence-corrected chi connectivity index (χ4v) is 18.2. The van der Waals surface area contributed by atoms with E-state index in [9.17, 15) is 113 Å². The van der Waals surface area contributed by atoms with Crippen LogP contribution >= 0.6 is 36.1 Å². The first-order valence-electron chi connectivity index (χ1n) is 38.5. The van der Waals surface area contributed by atoms with Crippen LogP contribution in [-0.4, -0.2) is 138 Å². The van der Waals surface area contributed by atoms with Crippen LogP contribution in [0.2, 0.25) is 0 Å². The number of rotatable bonds is 37. The summed E-state index contributed by atoms with van der Waals surface area (Å²) in [6.07, 6.45) is 0. The Morgan fingerprint density at radius 1 is 0.351 bits per heavy atom. The van der Waals surface area contributed by atoms with Crippen LogP contribution in [0.1, 0.15) is 105 Å². The van der Waals surface area contributed by atoms with E-state index in [2.05, 4.69) is 89.9 Å². The SMILES string of the molecule is Cn1c(=O)c(C(=O)c2cccc(SOO[O-])c2)c2c3c(c(Nc4cc(Nc5nc(NCCNc6nc(Nc7cc(Nc8ccc9c%10c8C(=O)c8ccccc8-c%10c(C(=O)c8cccc(S(=O)(=O)[O-])c8)c(=O)n9C)c(S(=O)(=O)[O-])cc7SOO[O-])nc(Oc7cc(C(=O)[O-])cc(C(=O)[O-])c7)n6)nc(Oc6cc(C(=O)[O-])cc(C(=O)[O-])c6)n5)c(S(=O)(=O)[O-])cc4SOO[O-])ccc31)C(=O)c1ccccc1-2.[Na+].[Na+].[Na+].[Na+].[Na+].[Na+].[Na+].[Na+].[Na+].[Na+]. The number of hydrogen-bond donors (Lipinski definition) is 6. The Morgan fingerprint density at radius 2 is 0.703 bits per heavy atom. The predicted octanol–water partition coefficient (Wildman–Crippen LogP) is -27.4. The quantitative estimate of drug-likeness (QED) is 0.00400. The van der Waals surface area contributed by atoms with Gasteiger partial charge in [0.2, 0.25) is 23.8 Å². The molecule has 0 atom stereocenters. The second kappa shape index (κ2) is 55.6. The van der Waals surface area contributed by atoms with E-state index in [1.807, 2.05) is 0 Å². The molecule has 14 aromatic rings. The number of anilines is 10. The molecule has 0 amide bonds. The zero-order chi connectivity index (χ0) is 98.4. The Kier molecular flexibility index (Phi) is 49.1. The molecule has 16 rings (SSSR count). The molecule has 0 saturated carbocycles. The summed E-state index contributed by atoms with van der Waals surface area (Å²) < 4.78 is 145. The van der Waals surface area contributed by atoms with Gasteiger partial charge in [-0.25, -0.2) is 25.3 Å². The van der Waals surface area contributed by atoms with Gasteiger partial charge in [-0.1, -0.05) is 72.8 Å². The number of aromatic nitrogens is 8. The third kappa shape index (κ3) is 28.7. The summed E-state index contributed by atoms with van der Waals surface area (Å²) in [6.45, 7) is -1.01. The second-order valence-electron chi connectivity index (χ2n) is 28.9. The minimum Gasteiger partial charge on any atom is -0.744 e. The number of ether oxygens (including phenoxy) is 2. The monoisotopic (exact) mass is 2220 g/mol. The van der Waals surface area contributed by atoms with Crippen LogP contribution in [0.25, 0.3) is 44.1 Å². The number of carbonyl (C=O) groups excluding carboxylic acids is 8. The van der Waals surface area contributed by atoms with Crippen LogP contribution in [0.3, 0.4) is 0 Å². The number of aryl methyl sites for hydroxylation is 2. The molecule has 0 spiro atoms. The number of aromatic carboxylic acids is 4. The van der Waals surface area contributed by atoms with E-state index in [0.717, 1.165) is 69.8 Å². The van der Waals surface area contributed by atoms with Gasteiger partial charge in [-0.2, -0.15) is 42.9 Å². The van der Waals surface area contributed by atoms with Crippen molar-refractivity contribution in [1.29, 1.82) is 0 Å². The van der Waals surface area contributed by atoms with Crippen LogP contribution in [0.4, 0.5) is 57.9 Å². The first-order valence-corrected chi connectivity index (χ1v) is 44.9. The molecule has 0 aliphatic heterocycles. The smallest absolute Gasteiger partial charge is 0.744 e. The van der Waals surface area contributed by atoms with Crippen molar-refractivity contribution in [3.8, 4) is 45.8 Å². The molecule has 4 aromatic heterocycles. The molecule has 702 valence electrons. The Hall–Kier alpha value is -5.98. The predicted molar refractivity (Wildman–Crippen MR) is 457 cm³/mol. The molecule has 4 heterocycles. The summed E-state index contributed by atoms with van der Waals surface area (Å²) >= 11 is 0.424. The number of carboxylic acids is 4. The van der Waals surface area contributed by atoms with Gasteiger partial charge in [0, 0.05) is 98.5 Å². The number of fused-ring (bicyclic) bond motifs is 4. The number of carboxylic acid groups (broad SMARTS) is 4. The van der Waals surface area contributed by atoms with Gasteiger partial charge >= 0.3 is 308 Å². The topological polar surface area (TPSA) is 737 Å². The molecule has 6 N–H and O–H groups in total. The van der Waals surface area contributed by atoms with Crippen LogP contribution in [0.5, 0.6) is 23.5 Å². The van der Waals surface area contributed by atoms with Crippen LogP contribution in [-0.2, 0) is 72.6 Å². The molecule has 0 saturated heterocycles. The number of benzene rings is 10. The molecule has 0 fully saturated rings. The van der Waals surface area contributed by atoms with E-state index < -0.39 is 229 Å². The summed E-state index contributed by atoms with van der Waals surface area (Å²) in [5.41, 5.74) is -10.4. The van der Waals surface area contributed by atoms with Gasteiger partial charge in [-0.3, -0.25) is 43.9 Å². The van der Waals surface area contributed by atoms with Gasteiger partial charge < -0.3 is 120 Å². The van der Waals surface area contributed by atoms with Gasteiger partial charge in [0.1, 0.15) is 41.9 Å². The van der Waals surface area contributed by atoms with Crippen molar-refractivity contribution in [2.24, 2.45) is 14.1 Å². The normalized spacial score (nSPS) is 11.2. The van der Waals surface area contributed by atoms with E-state index >= 15 is 9.59 Å². The molecule has 48 nitrogen and oxygen atoms in total. The summed E-state index contributed by atoms with van der Waals surface area (Å²) in [5.74, 6) is -15.4. The van der Waals surface area contributed by atoms with Crippen molar-refractivity contribution in [2.45, 2.75) is 29.4 Å². The average Bonchev–Trinajstić information content (AvgIpc) is 0.707. The van der Waals surface area contributed by atoms with Crippen molar-refractivity contribution in [2.75, 3.05) is 45.0 Å². The molecular weight excluding hydrogens is 2170 g/mol. The fraction of sp³-hybridized carbons (Fsp3) is 0.0476. The van der Waals surface area contributed by atoms with Crippen molar-refractivity contribution in [3.63, 3.8) is 0 Å². The third-order valence-corrected chi connectivity index (χ3v) is 25.1. The number of pyridine rings is 2.